The van der Waals surface area contributed by atoms with Crippen LogP contribution in [0.2, 0.25) is 0 Å². The van der Waals surface area contributed by atoms with Crippen molar-refractivity contribution in [3.05, 3.63) is 11.9 Å². The van der Waals surface area contributed by atoms with Crippen LogP contribution in [0.15, 0.2) is 6.07 Å². The summed E-state index contributed by atoms with van der Waals surface area (Å²) < 4.78 is 6.13. The molecule has 1 aromatic heterocycles. The third-order valence-corrected chi connectivity index (χ3v) is 4.17. The summed E-state index contributed by atoms with van der Waals surface area (Å²) in [5, 5.41) is 3.36. The molecule has 2 aliphatic rings. The maximum absolute atomic E-state index is 6.13. The minimum absolute atomic E-state index is 0.294. The summed E-state index contributed by atoms with van der Waals surface area (Å²) >= 11 is 0. The largest absolute Gasteiger partial charge is 0.474 e. The van der Waals surface area contributed by atoms with E-state index in [2.05, 4.69) is 34.2 Å². The number of rotatable bonds is 6. The lowest BCUT2D eigenvalue weighted by Gasteiger charge is -2.29. The van der Waals surface area contributed by atoms with Crippen molar-refractivity contribution >= 4 is 5.82 Å². The highest BCUT2D eigenvalue weighted by molar-refractivity contribution is 5.39. The molecule has 0 bridgehead atoms. The quantitative estimate of drug-likeness (QED) is 0.873. The van der Waals surface area contributed by atoms with Crippen LogP contribution in [0.1, 0.15) is 50.8 Å². The summed E-state index contributed by atoms with van der Waals surface area (Å²) in [4.78, 5) is 11.6. The van der Waals surface area contributed by atoms with E-state index >= 15 is 0 Å². The summed E-state index contributed by atoms with van der Waals surface area (Å²) in [5.41, 5.74) is 0. The fraction of sp³-hybridized carbons (Fsp3) is 0.750. The van der Waals surface area contributed by atoms with E-state index < -0.39 is 0 Å². The van der Waals surface area contributed by atoms with Gasteiger partial charge in [-0.1, -0.05) is 6.92 Å². The molecule has 2 fully saturated rings. The average Bonchev–Trinajstić information content (AvgIpc) is 3.32. The van der Waals surface area contributed by atoms with Crippen molar-refractivity contribution in [1.29, 1.82) is 0 Å². The van der Waals surface area contributed by atoms with Crippen molar-refractivity contribution in [3.8, 4) is 5.88 Å². The zero-order chi connectivity index (χ0) is 14.7. The molecule has 1 saturated carbocycles. The van der Waals surface area contributed by atoms with Crippen LogP contribution in [-0.2, 0) is 0 Å². The summed E-state index contributed by atoms with van der Waals surface area (Å²) in [6.45, 7) is 5.30. The van der Waals surface area contributed by atoms with Gasteiger partial charge in [0.15, 0.2) is 0 Å². The molecule has 0 spiro atoms. The Kier molecular flexibility index (Phi) is 4.58. The molecule has 1 aromatic rings. The van der Waals surface area contributed by atoms with Crippen LogP contribution in [0.3, 0.4) is 0 Å². The molecular formula is C16H26N4O. The number of hydrogen-bond acceptors (Lipinski definition) is 5. The Morgan fingerprint density at radius 2 is 2.00 bits per heavy atom. The van der Waals surface area contributed by atoms with Gasteiger partial charge in [-0.3, -0.25) is 0 Å². The van der Waals surface area contributed by atoms with E-state index in [0.717, 1.165) is 56.4 Å². The lowest BCUT2D eigenvalue weighted by atomic mass is 10.1. The predicted molar refractivity (Wildman–Crippen MR) is 83.9 cm³/mol. The maximum Gasteiger partial charge on any atom is 0.219 e. The van der Waals surface area contributed by atoms with Crippen LogP contribution in [0, 0.1) is 0 Å². The Bertz CT molecular complexity index is 467. The Morgan fingerprint density at radius 3 is 2.67 bits per heavy atom. The highest BCUT2D eigenvalue weighted by atomic mass is 16.5. The Labute approximate surface area is 127 Å². The van der Waals surface area contributed by atoms with E-state index in [1.54, 1.807) is 0 Å². The molecule has 116 valence electrons. The number of hydrogen-bond donors (Lipinski definition) is 1. The molecule has 5 nitrogen and oxygen atoms in total. The topological polar surface area (TPSA) is 50.3 Å². The first-order valence-corrected chi connectivity index (χ1v) is 8.22. The second kappa shape index (κ2) is 6.60. The number of aromatic nitrogens is 2. The Hall–Kier alpha value is -1.36. The normalized spacial score (nSPS) is 20.5. The number of nitrogens with zero attached hydrogens (tertiary/aromatic N) is 3. The first-order chi connectivity index (χ1) is 10.2. The van der Waals surface area contributed by atoms with Crippen LogP contribution in [0.25, 0.3) is 0 Å². The molecule has 0 unspecified atom stereocenters. The van der Waals surface area contributed by atoms with Gasteiger partial charge in [-0.15, -0.1) is 0 Å². The Balaban J connectivity index is 1.69. The van der Waals surface area contributed by atoms with E-state index in [1.807, 2.05) is 6.07 Å². The number of ether oxygens (including phenoxy) is 1. The molecular weight excluding hydrogens is 264 g/mol. The van der Waals surface area contributed by atoms with Gasteiger partial charge in [-0.05, 0) is 39.2 Å². The molecule has 0 amide bonds. The highest BCUT2D eigenvalue weighted by Crippen LogP contribution is 2.39. The average molecular weight is 290 g/mol. The van der Waals surface area contributed by atoms with Crippen LogP contribution >= 0.6 is 0 Å². The van der Waals surface area contributed by atoms with Gasteiger partial charge < -0.3 is 15.0 Å². The number of likely N-dealkylation sites (tertiary alicyclic amines) is 1. The third kappa shape index (κ3) is 4.06. The fourth-order valence-electron chi connectivity index (χ4n) is 2.64. The summed E-state index contributed by atoms with van der Waals surface area (Å²) in [6.07, 6.45) is 5.97. The molecule has 2 heterocycles. The maximum atomic E-state index is 6.13. The summed E-state index contributed by atoms with van der Waals surface area (Å²) in [6, 6.07) is 1.96. The van der Waals surface area contributed by atoms with E-state index in [-0.39, 0.29) is 0 Å². The molecule has 0 aromatic carbocycles. The zero-order valence-corrected chi connectivity index (χ0v) is 13.1. The van der Waals surface area contributed by atoms with Gasteiger partial charge in [0, 0.05) is 31.6 Å². The van der Waals surface area contributed by atoms with Crippen molar-refractivity contribution in [1.82, 2.24) is 14.9 Å². The monoisotopic (exact) mass is 290 g/mol. The summed E-state index contributed by atoms with van der Waals surface area (Å²) in [5.74, 6) is 3.17. The highest BCUT2D eigenvalue weighted by Gasteiger charge is 2.28. The Morgan fingerprint density at radius 1 is 1.24 bits per heavy atom. The molecule has 3 rings (SSSR count). The first-order valence-electron chi connectivity index (χ1n) is 8.22. The standard InChI is InChI=1S/C16H26N4O/c1-3-8-17-14-11-15(19-16(18-14)12-4-5-12)21-13-6-9-20(2)10-7-13/h11-13H,3-10H2,1-2H3,(H,17,18,19). The fourth-order valence-corrected chi connectivity index (χ4v) is 2.64. The molecule has 1 aliphatic heterocycles. The molecule has 1 N–H and O–H groups in total. The van der Waals surface area contributed by atoms with Crippen molar-refractivity contribution in [2.45, 2.75) is 51.0 Å². The first kappa shape index (κ1) is 14.6. The van der Waals surface area contributed by atoms with Crippen molar-refractivity contribution in [2.24, 2.45) is 0 Å². The smallest absolute Gasteiger partial charge is 0.219 e. The van der Waals surface area contributed by atoms with Crippen molar-refractivity contribution in [2.75, 3.05) is 32.0 Å². The van der Waals surface area contributed by atoms with E-state index in [4.69, 9.17) is 4.74 Å². The van der Waals surface area contributed by atoms with Crippen molar-refractivity contribution in [3.63, 3.8) is 0 Å². The van der Waals surface area contributed by atoms with E-state index in [1.165, 1.54) is 12.8 Å². The second-order valence-electron chi connectivity index (χ2n) is 6.27. The minimum Gasteiger partial charge on any atom is -0.474 e. The SMILES string of the molecule is CCCNc1cc(OC2CCN(C)CC2)nc(C2CC2)n1. The lowest BCUT2D eigenvalue weighted by molar-refractivity contribution is 0.109. The van der Waals surface area contributed by atoms with Crippen LogP contribution in [0.4, 0.5) is 5.82 Å². The molecule has 5 heteroatoms. The van der Waals surface area contributed by atoms with E-state index in [9.17, 15) is 0 Å². The van der Waals surface area contributed by atoms with Crippen LogP contribution in [0.5, 0.6) is 5.88 Å². The van der Waals surface area contributed by atoms with Gasteiger partial charge in [-0.25, -0.2) is 4.98 Å². The van der Waals surface area contributed by atoms with Gasteiger partial charge in [0.2, 0.25) is 5.88 Å². The van der Waals surface area contributed by atoms with E-state index in [0.29, 0.717) is 12.0 Å². The molecule has 0 radical (unpaired) electrons. The second-order valence-corrected chi connectivity index (χ2v) is 6.27. The van der Waals surface area contributed by atoms with Gasteiger partial charge in [0.1, 0.15) is 17.7 Å². The molecule has 1 saturated heterocycles. The van der Waals surface area contributed by atoms with Gasteiger partial charge in [0.25, 0.3) is 0 Å². The molecule has 1 aliphatic carbocycles. The van der Waals surface area contributed by atoms with Gasteiger partial charge in [-0.2, -0.15) is 4.98 Å². The summed E-state index contributed by atoms with van der Waals surface area (Å²) in [7, 11) is 2.17. The predicted octanol–water partition coefficient (Wildman–Crippen LogP) is 2.65. The van der Waals surface area contributed by atoms with Crippen molar-refractivity contribution < 1.29 is 4.74 Å². The number of nitrogens with one attached hydrogen (secondary N) is 1. The lowest BCUT2D eigenvalue weighted by Crippen LogP contribution is -2.35. The van der Waals surface area contributed by atoms with Gasteiger partial charge >= 0.3 is 0 Å². The van der Waals surface area contributed by atoms with Gasteiger partial charge in [0.05, 0.1) is 0 Å². The van der Waals surface area contributed by atoms with Crippen LogP contribution in [-0.4, -0.2) is 47.7 Å². The molecule has 0 atom stereocenters. The number of piperidine rings is 1. The molecule has 21 heavy (non-hydrogen) atoms. The zero-order valence-electron chi connectivity index (χ0n) is 13.1. The van der Waals surface area contributed by atoms with Crippen LogP contribution < -0.4 is 10.1 Å². The minimum atomic E-state index is 0.294. The third-order valence-electron chi connectivity index (χ3n) is 4.17. The number of anilines is 1.